The number of H-pyrrole nitrogens is 1. The number of hydrogen-bond donors (Lipinski definition) is 2. The highest BCUT2D eigenvalue weighted by Crippen LogP contribution is 2.28. The highest BCUT2D eigenvalue weighted by Gasteiger charge is 2.14. The number of aromatic nitrogens is 4. The molecular formula is C18H14FN5O2. The lowest BCUT2D eigenvalue weighted by atomic mass is 10.2. The van der Waals surface area contributed by atoms with Crippen LogP contribution in [0, 0.1) is 5.82 Å². The van der Waals surface area contributed by atoms with E-state index in [9.17, 15) is 9.18 Å². The van der Waals surface area contributed by atoms with Gasteiger partial charge in [-0.1, -0.05) is 0 Å². The molecule has 0 bridgehead atoms. The van der Waals surface area contributed by atoms with E-state index < -0.39 is 0 Å². The molecule has 0 fully saturated rings. The molecule has 0 unspecified atom stereocenters. The first-order chi connectivity index (χ1) is 12.6. The zero-order chi connectivity index (χ0) is 18.1. The van der Waals surface area contributed by atoms with E-state index in [4.69, 9.17) is 4.74 Å². The SMILES string of the molecule is COc1ccc(-n2cnnc2)cc1NC(=O)c1cc2cc(F)ccc2[nH]1. The summed E-state index contributed by atoms with van der Waals surface area (Å²) in [7, 11) is 1.52. The zero-order valence-electron chi connectivity index (χ0n) is 13.7. The molecule has 4 rings (SSSR count). The minimum atomic E-state index is -0.360. The van der Waals surface area contributed by atoms with E-state index in [1.165, 1.54) is 19.2 Å². The number of carbonyl (C=O) groups is 1. The number of hydrogen-bond acceptors (Lipinski definition) is 4. The summed E-state index contributed by atoms with van der Waals surface area (Å²) in [4.78, 5) is 15.6. The van der Waals surface area contributed by atoms with Crippen LogP contribution in [-0.4, -0.2) is 32.8 Å². The molecule has 2 N–H and O–H groups in total. The van der Waals surface area contributed by atoms with Crippen LogP contribution < -0.4 is 10.1 Å². The van der Waals surface area contributed by atoms with Crippen molar-refractivity contribution in [3.63, 3.8) is 0 Å². The number of benzene rings is 2. The maximum Gasteiger partial charge on any atom is 0.272 e. The van der Waals surface area contributed by atoms with E-state index in [1.54, 1.807) is 41.5 Å². The fourth-order valence-electron chi connectivity index (χ4n) is 2.70. The summed E-state index contributed by atoms with van der Waals surface area (Å²) >= 11 is 0. The number of nitrogens with one attached hydrogen (secondary N) is 2. The van der Waals surface area contributed by atoms with Crippen LogP contribution in [0.4, 0.5) is 10.1 Å². The third-order valence-electron chi connectivity index (χ3n) is 3.98. The van der Waals surface area contributed by atoms with Gasteiger partial charge in [-0.15, -0.1) is 10.2 Å². The normalized spacial score (nSPS) is 10.8. The Hall–Kier alpha value is -3.68. The lowest BCUT2D eigenvalue weighted by Gasteiger charge is -2.11. The lowest BCUT2D eigenvalue weighted by molar-refractivity contribution is 0.102. The molecule has 0 atom stereocenters. The van der Waals surface area contributed by atoms with Gasteiger partial charge < -0.3 is 15.0 Å². The van der Waals surface area contributed by atoms with Gasteiger partial charge >= 0.3 is 0 Å². The van der Waals surface area contributed by atoms with Gasteiger partial charge in [0.2, 0.25) is 0 Å². The van der Waals surface area contributed by atoms with Crippen molar-refractivity contribution in [2.45, 2.75) is 0 Å². The molecule has 0 saturated heterocycles. The number of anilines is 1. The second kappa shape index (κ2) is 6.32. The van der Waals surface area contributed by atoms with Gasteiger partial charge in [0.15, 0.2) is 0 Å². The van der Waals surface area contributed by atoms with E-state index in [0.717, 1.165) is 5.69 Å². The number of carbonyl (C=O) groups excluding carboxylic acids is 1. The molecule has 0 saturated carbocycles. The monoisotopic (exact) mass is 351 g/mol. The van der Waals surface area contributed by atoms with Crippen LogP contribution in [0.25, 0.3) is 16.6 Å². The number of methoxy groups -OCH3 is 1. The fourth-order valence-corrected chi connectivity index (χ4v) is 2.70. The summed E-state index contributed by atoms with van der Waals surface area (Å²) in [5, 5.41) is 11.0. The predicted octanol–water partition coefficient (Wildman–Crippen LogP) is 3.15. The Morgan fingerprint density at radius 2 is 1.96 bits per heavy atom. The van der Waals surface area contributed by atoms with Crippen molar-refractivity contribution in [2.75, 3.05) is 12.4 Å². The second-order valence-corrected chi connectivity index (χ2v) is 5.62. The third-order valence-corrected chi connectivity index (χ3v) is 3.98. The van der Waals surface area contributed by atoms with Gasteiger partial charge in [0.25, 0.3) is 5.91 Å². The summed E-state index contributed by atoms with van der Waals surface area (Å²) in [6.45, 7) is 0. The Morgan fingerprint density at radius 3 is 2.73 bits per heavy atom. The van der Waals surface area contributed by atoms with Gasteiger partial charge in [0.05, 0.1) is 18.5 Å². The van der Waals surface area contributed by atoms with Crippen molar-refractivity contribution in [3.8, 4) is 11.4 Å². The van der Waals surface area contributed by atoms with Crippen molar-refractivity contribution in [1.29, 1.82) is 0 Å². The molecule has 130 valence electrons. The molecule has 0 aliphatic heterocycles. The van der Waals surface area contributed by atoms with Gasteiger partial charge in [0.1, 0.15) is 29.9 Å². The van der Waals surface area contributed by atoms with Crippen LogP contribution in [0.2, 0.25) is 0 Å². The van der Waals surface area contributed by atoms with Gasteiger partial charge in [0, 0.05) is 10.9 Å². The minimum absolute atomic E-state index is 0.322. The molecule has 2 aromatic heterocycles. The van der Waals surface area contributed by atoms with Crippen LogP contribution in [-0.2, 0) is 0 Å². The molecule has 8 heteroatoms. The number of ether oxygens (including phenoxy) is 1. The summed E-state index contributed by atoms with van der Waals surface area (Å²) in [5.74, 6) is -0.204. The van der Waals surface area contributed by atoms with Crippen molar-refractivity contribution in [3.05, 3.63) is 66.6 Å². The van der Waals surface area contributed by atoms with E-state index in [-0.39, 0.29) is 11.7 Å². The third kappa shape index (κ3) is 2.88. The summed E-state index contributed by atoms with van der Waals surface area (Å²) in [6.07, 6.45) is 3.11. The largest absolute Gasteiger partial charge is 0.495 e. The van der Waals surface area contributed by atoms with Crippen LogP contribution in [0.15, 0.2) is 55.1 Å². The Morgan fingerprint density at radius 1 is 1.15 bits per heavy atom. The molecule has 1 amide bonds. The smallest absolute Gasteiger partial charge is 0.272 e. The molecular weight excluding hydrogens is 337 g/mol. The van der Waals surface area contributed by atoms with Gasteiger partial charge in [-0.2, -0.15) is 0 Å². The number of aromatic amines is 1. The van der Waals surface area contributed by atoms with Crippen LogP contribution >= 0.6 is 0 Å². The van der Waals surface area contributed by atoms with Gasteiger partial charge in [-0.25, -0.2) is 4.39 Å². The number of amides is 1. The first kappa shape index (κ1) is 15.8. The van der Waals surface area contributed by atoms with Crippen LogP contribution in [0.5, 0.6) is 5.75 Å². The Balaban J connectivity index is 1.66. The summed E-state index contributed by atoms with van der Waals surface area (Å²) in [6, 6.07) is 11.2. The van der Waals surface area contributed by atoms with E-state index in [0.29, 0.717) is 28.0 Å². The Kier molecular flexibility index (Phi) is 3.85. The molecule has 0 radical (unpaired) electrons. The molecule has 7 nitrogen and oxygen atoms in total. The lowest BCUT2D eigenvalue weighted by Crippen LogP contribution is -2.13. The predicted molar refractivity (Wildman–Crippen MR) is 94.1 cm³/mol. The van der Waals surface area contributed by atoms with Crippen molar-refractivity contribution >= 4 is 22.5 Å². The number of rotatable bonds is 4. The van der Waals surface area contributed by atoms with Crippen molar-refractivity contribution in [2.24, 2.45) is 0 Å². The fraction of sp³-hybridized carbons (Fsp3) is 0.0556. The molecule has 0 aliphatic carbocycles. The number of nitrogens with zero attached hydrogens (tertiary/aromatic N) is 3. The van der Waals surface area contributed by atoms with E-state index >= 15 is 0 Å². The number of fused-ring (bicyclic) bond motifs is 1. The standard InChI is InChI=1S/C18H14FN5O2/c1-26-17-5-3-13(24-9-20-21-10-24)8-15(17)23-18(25)16-7-11-6-12(19)2-4-14(11)22-16/h2-10,22H,1H3,(H,23,25). The Labute approximate surface area is 147 Å². The second-order valence-electron chi connectivity index (χ2n) is 5.62. The summed E-state index contributed by atoms with van der Waals surface area (Å²) in [5.41, 5.74) is 2.27. The maximum atomic E-state index is 13.3. The molecule has 4 aromatic rings. The zero-order valence-corrected chi connectivity index (χ0v) is 13.7. The van der Waals surface area contributed by atoms with Gasteiger partial charge in [-0.05, 0) is 42.5 Å². The highest BCUT2D eigenvalue weighted by atomic mass is 19.1. The summed E-state index contributed by atoms with van der Waals surface area (Å²) < 4.78 is 20.4. The molecule has 2 aromatic carbocycles. The number of halogens is 1. The minimum Gasteiger partial charge on any atom is -0.495 e. The van der Waals surface area contributed by atoms with Crippen molar-refractivity contribution in [1.82, 2.24) is 19.7 Å². The average Bonchev–Trinajstić information content (AvgIpc) is 3.31. The van der Waals surface area contributed by atoms with Crippen molar-refractivity contribution < 1.29 is 13.9 Å². The highest BCUT2D eigenvalue weighted by molar-refractivity contribution is 6.06. The van der Waals surface area contributed by atoms with Gasteiger partial charge in [-0.3, -0.25) is 9.36 Å². The maximum absolute atomic E-state index is 13.3. The van der Waals surface area contributed by atoms with Crippen LogP contribution in [0.3, 0.4) is 0 Å². The molecule has 2 heterocycles. The molecule has 26 heavy (non-hydrogen) atoms. The quantitative estimate of drug-likeness (QED) is 0.591. The van der Waals surface area contributed by atoms with E-state index in [2.05, 4.69) is 20.5 Å². The first-order valence-corrected chi connectivity index (χ1v) is 7.77. The molecule has 0 spiro atoms. The Bertz CT molecular complexity index is 1090. The average molecular weight is 351 g/mol. The van der Waals surface area contributed by atoms with Crippen LogP contribution in [0.1, 0.15) is 10.5 Å². The first-order valence-electron chi connectivity index (χ1n) is 7.77. The van der Waals surface area contributed by atoms with E-state index in [1.807, 2.05) is 6.07 Å². The topological polar surface area (TPSA) is 84.8 Å². The molecule has 0 aliphatic rings.